The van der Waals surface area contributed by atoms with Crippen LogP contribution >= 0.6 is 0 Å². The van der Waals surface area contributed by atoms with E-state index in [0.29, 0.717) is 17.1 Å². The zero-order valence-corrected chi connectivity index (χ0v) is 8.61. The Balaban J connectivity index is 2.50. The van der Waals surface area contributed by atoms with Crippen LogP contribution < -0.4 is 5.73 Å². The Morgan fingerprint density at radius 3 is 2.62 bits per heavy atom. The molecule has 0 saturated carbocycles. The molecule has 2 aromatic rings. The minimum absolute atomic E-state index is 0.259. The van der Waals surface area contributed by atoms with E-state index >= 15 is 0 Å². The monoisotopic (exact) mass is 224 g/mol. The lowest BCUT2D eigenvalue weighted by Gasteiger charge is -2.03. The Morgan fingerprint density at radius 1 is 1.31 bits per heavy atom. The number of nitrogens with two attached hydrogens (primary N) is 1. The van der Waals surface area contributed by atoms with Gasteiger partial charge >= 0.3 is 0 Å². The lowest BCUT2D eigenvalue weighted by atomic mass is 10.3. The van der Waals surface area contributed by atoms with Gasteiger partial charge in [0.1, 0.15) is 0 Å². The summed E-state index contributed by atoms with van der Waals surface area (Å²) < 4.78 is 27.2. The highest BCUT2D eigenvalue weighted by Gasteiger charge is 2.10. The Morgan fingerprint density at radius 2 is 2.06 bits per heavy atom. The van der Waals surface area contributed by atoms with Crippen molar-refractivity contribution in [3.05, 3.63) is 41.2 Å². The molecule has 0 spiro atoms. The van der Waals surface area contributed by atoms with E-state index in [1.54, 1.807) is 6.92 Å². The summed E-state index contributed by atoms with van der Waals surface area (Å²) in [6.07, 6.45) is 0. The smallest absolute Gasteiger partial charge is 0.160 e. The van der Waals surface area contributed by atoms with Crippen LogP contribution in [-0.4, -0.2) is 15.0 Å². The minimum atomic E-state index is -0.915. The van der Waals surface area contributed by atoms with Crippen molar-refractivity contribution in [2.45, 2.75) is 13.5 Å². The first-order chi connectivity index (χ1) is 7.63. The quantitative estimate of drug-likeness (QED) is 0.836. The van der Waals surface area contributed by atoms with Crippen LogP contribution in [0.25, 0.3) is 5.69 Å². The van der Waals surface area contributed by atoms with Crippen molar-refractivity contribution in [3.63, 3.8) is 0 Å². The standard InChI is InChI=1S/C10H10F2N4/c1-6-10(5-13)14-15-16(6)7-2-3-8(11)9(12)4-7/h2-4H,5,13H2,1H3. The largest absolute Gasteiger partial charge is 0.325 e. The molecule has 0 radical (unpaired) electrons. The van der Waals surface area contributed by atoms with Gasteiger partial charge in [0.05, 0.1) is 17.1 Å². The summed E-state index contributed by atoms with van der Waals surface area (Å²) in [5.74, 6) is -1.80. The van der Waals surface area contributed by atoms with Crippen LogP contribution in [-0.2, 0) is 6.54 Å². The first-order valence-electron chi connectivity index (χ1n) is 4.70. The predicted octanol–water partition coefficient (Wildman–Crippen LogP) is 1.31. The normalized spacial score (nSPS) is 10.8. The van der Waals surface area contributed by atoms with Crippen LogP contribution in [0.4, 0.5) is 8.78 Å². The molecule has 0 bridgehead atoms. The number of nitrogens with zero attached hydrogens (tertiary/aromatic N) is 3. The molecule has 16 heavy (non-hydrogen) atoms. The van der Waals surface area contributed by atoms with Gasteiger partial charge in [-0.2, -0.15) is 0 Å². The highest BCUT2D eigenvalue weighted by atomic mass is 19.2. The van der Waals surface area contributed by atoms with Gasteiger partial charge in [-0.3, -0.25) is 0 Å². The van der Waals surface area contributed by atoms with Gasteiger partial charge in [0, 0.05) is 12.6 Å². The molecule has 0 aliphatic heterocycles. The van der Waals surface area contributed by atoms with Crippen LogP contribution in [0.15, 0.2) is 18.2 Å². The average molecular weight is 224 g/mol. The van der Waals surface area contributed by atoms with Gasteiger partial charge in [0.2, 0.25) is 0 Å². The highest BCUT2D eigenvalue weighted by Crippen LogP contribution is 2.15. The van der Waals surface area contributed by atoms with Crippen molar-refractivity contribution < 1.29 is 8.78 Å². The summed E-state index contributed by atoms with van der Waals surface area (Å²) in [5.41, 5.74) is 7.21. The second-order valence-electron chi connectivity index (χ2n) is 3.34. The lowest BCUT2D eigenvalue weighted by Crippen LogP contribution is -2.02. The Bertz CT molecular complexity index is 522. The summed E-state index contributed by atoms with van der Waals surface area (Å²) in [6.45, 7) is 2.03. The van der Waals surface area contributed by atoms with Crippen molar-refractivity contribution in [2.75, 3.05) is 0 Å². The fourth-order valence-electron chi connectivity index (χ4n) is 1.41. The van der Waals surface area contributed by atoms with Crippen molar-refractivity contribution >= 4 is 0 Å². The third-order valence-corrected chi connectivity index (χ3v) is 2.33. The maximum atomic E-state index is 13.0. The van der Waals surface area contributed by atoms with Crippen molar-refractivity contribution in [2.24, 2.45) is 5.73 Å². The van der Waals surface area contributed by atoms with E-state index in [1.807, 2.05) is 0 Å². The van der Waals surface area contributed by atoms with Crippen molar-refractivity contribution in [3.8, 4) is 5.69 Å². The van der Waals surface area contributed by atoms with Crippen LogP contribution in [0.1, 0.15) is 11.4 Å². The zero-order chi connectivity index (χ0) is 11.7. The van der Waals surface area contributed by atoms with E-state index in [-0.39, 0.29) is 6.54 Å². The molecular weight excluding hydrogens is 214 g/mol. The molecule has 84 valence electrons. The SMILES string of the molecule is Cc1c(CN)nnn1-c1ccc(F)c(F)c1. The third-order valence-electron chi connectivity index (χ3n) is 2.33. The highest BCUT2D eigenvalue weighted by molar-refractivity contribution is 5.34. The molecule has 0 atom stereocenters. The lowest BCUT2D eigenvalue weighted by molar-refractivity contribution is 0.507. The van der Waals surface area contributed by atoms with E-state index in [2.05, 4.69) is 10.3 Å². The van der Waals surface area contributed by atoms with E-state index in [9.17, 15) is 8.78 Å². The molecule has 0 amide bonds. The molecule has 1 aromatic heterocycles. The second kappa shape index (κ2) is 3.97. The van der Waals surface area contributed by atoms with Crippen LogP contribution in [0, 0.1) is 18.6 Å². The molecule has 6 heteroatoms. The molecule has 0 saturated heterocycles. The molecule has 0 aliphatic carbocycles. The fourth-order valence-corrected chi connectivity index (χ4v) is 1.41. The number of halogens is 2. The van der Waals surface area contributed by atoms with Gasteiger partial charge in [0.25, 0.3) is 0 Å². The topological polar surface area (TPSA) is 56.7 Å². The molecule has 1 heterocycles. The van der Waals surface area contributed by atoms with Crippen LogP contribution in [0.2, 0.25) is 0 Å². The second-order valence-corrected chi connectivity index (χ2v) is 3.34. The van der Waals surface area contributed by atoms with Crippen molar-refractivity contribution in [1.82, 2.24) is 15.0 Å². The van der Waals surface area contributed by atoms with E-state index in [4.69, 9.17) is 5.73 Å². The van der Waals surface area contributed by atoms with E-state index in [1.165, 1.54) is 10.7 Å². The average Bonchev–Trinajstić information content (AvgIpc) is 2.64. The molecule has 1 aromatic carbocycles. The number of hydrogen-bond donors (Lipinski definition) is 1. The van der Waals surface area contributed by atoms with Gasteiger partial charge in [-0.1, -0.05) is 5.21 Å². The third kappa shape index (κ3) is 1.67. The molecule has 2 rings (SSSR count). The van der Waals surface area contributed by atoms with Gasteiger partial charge in [0.15, 0.2) is 11.6 Å². The summed E-state index contributed by atoms with van der Waals surface area (Å²) in [5, 5.41) is 7.66. The fraction of sp³-hybridized carbons (Fsp3) is 0.200. The summed E-state index contributed by atoms with van der Waals surface area (Å²) in [7, 11) is 0. The zero-order valence-electron chi connectivity index (χ0n) is 8.61. The van der Waals surface area contributed by atoms with E-state index in [0.717, 1.165) is 12.1 Å². The summed E-state index contributed by atoms with van der Waals surface area (Å²) in [6, 6.07) is 3.55. The predicted molar refractivity (Wildman–Crippen MR) is 53.9 cm³/mol. The van der Waals surface area contributed by atoms with Gasteiger partial charge in [-0.15, -0.1) is 5.10 Å². The Hall–Kier alpha value is -1.82. The number of hydrogen-bond acceptors (Lipinski definition) is 3. The molecule has 4 nitrogen and oxygen atoms in total. The van der Waals surface area contributed by atoms with Crippen LogP contribution in [0.3, 0.4) is 0 Å². The molecule has 0 unspecified atom stereocenters. The molecular formula is C10H10F2N4. The molecule has 0 fully saturated rings. The first-order valence-corrected chi connectivity index (χ1v) is 4.70. The Kier molecular flexibility index (Phi) is 2.66. The minimum Gasteiger partial charge on any atom is -0.325 e. The maximum Gasteiger partial charge on any atom is 0.160 e. The van der Waals surface area contributed by atoms with E-state index < -0.39 is 11.6 Å². The van der Waals surface area contributed by atoms with Crippen molar-refractivity contribution in [1.29, 1.82) is 0 Å². The Labute approximate surface area is 90.7 Å². The van der Waals surface area contributed by atoms with Gasteiger partial charge in [-0.05, 0) is 19.1 Å². The number of benzene rings is 1. The first kappa shape index (κ1) is 10.7. The number of aromatic nitrogens is 3. The molecule has 0 aliphatic rings. The summed E-state index contributed by atoms with van der Waals surface area (Å²) in [4.78, 5) is 0. The van der Waals surface area contributed by atoms with Gasteiger partial charge < -0.3 is 5.73 Å². The summed E-state index contributed by atoms with van der Waals surface area (Å²) >= 11 is 0. The maximum absolute atomic E-state index is 13.0. The number of rotatable bonds is 2. The molecule has 2 N–H and O–H groups in total. The van der Waals surface area contributed by atoms with Gasteiger partial charge in [-0.25, -0.2) is 13.5 Å². The van der Waals surface area contributed by atoms with Crippen LogP contribution in [0.5, 0.6) is 0 Å².